The van der Waals surface area contributed by atoms with Crippen LogP contribution in [0.1, 0.15) is 12.8 Å². The predicted octanol–water partition coefficient (Wildman–Crippen LogP) is 2.48. The van der Waals surface area contributed by atoms with Gasteiger partial charge in [0.05, 0.1) is 18.1 Å². The molecule has 2 aromatic heterocycles. The lowest BCUT2D eigenvalue weighted by molar-refractivity contribution is -0.123. The third-order valence-corrected chi connectivity index (χ3v) is 5.43. The molecule has 8 nitrogen and oxygen atoms in total. The standard InChI is InChI=1S/C20H23FN6O2S/c1-30-20-24-18(26-9-4-5-10-26)14-12-23-27(19(14)25-20)11-8-22-17(28)13-29-16-7-3-2-6-15(16)21/h2-3,6-7,12H,4-5,8-11,13H2,1H3,(H,22,28). The van der Waals surface area contributed by atoms with Crippen LogP contribution >= 0.6 is 11.8 Å². The van der Waals surface area contributed by atoms with Crippen LogP contribution in [0.2, 0.25) is 0 Å². The fraction of sp³-hybridized carbons (Fsp3) is 0.400. The lowest BCUT2D eigenvalue weighted by atomic mass is 10.3. The van der Waals surface area contributed by atoms with Gasteiger partial charge in [-0.25, -0.2) is 19.0 Å². The zero-order valence-electron chi connectivity index (χ0n) is 16.7. The molecule has 10 heteroatoms. The molecule has 1 aromatic carbocycles. The number of nitrogens with one attached hydrogen (secondary N) is 1. The Morgan fingerprint density at radius 3 is 2.83 bits per heavy atom. The van der Waals surface area contributed by atoms with E-state index in [4.69, 9.17) is 9.72 Å². The Morgan fingerprint density at radius 1 is 1.27 bits per heavy atom. The molecule has 30 heavy (non-hydrogen) atoms. The van der Waals surface area contributed by atoms with Gasteiger partial charge in [-0.1, -0.05) is 23.9 Å². The number of halogens is 1. The summed E-state index contributed by atoms with van der Waals surface area (Å²) >= 11 is 1.50. The second-order valence-electron chi connectivity index (χ2n) is 6.90. The minimum Gasteiger partial charge on any atom is -0.481 e. The average Bonchev–Trinajstić information content (AvgIpc) is 3.43. The van der Waals surface area contributed by atoms with Gasteiger partial charge in [0, 0.05) is 19.6 Å². The van der Waals surface area contributed by atoms with E-state index < -0.39 is 5.82 Å². The highest BCUT2D eigenvalue weighted by molar-refractivity contribution is 7.98. The summed E-state index contributed by atoms with van der Waals surface area (Å²) in [6.45, 7) is 2.54. The maximum Gasteiger partial charge on any atom is 0.258 e. The number of ether oxygens (including phenoxy) is 1. The number of carbonyl (C=O) groups is 1. The molecule has 1 fully saturated rings. The number of hydrogen-bond acceptors (Lipinski definition) is 7. The van der Waals surface area contributed by atoms with E-state index in [0.29, 0.717) is 18.2 Å². The number of carbonyl (C=O) groups excluding carboxylic acids is 1. The monoisotopic (exact) mass is 430 g/mol. The third-order valence-electron chi connectivity index (χ3n) is 4.88. The number of anilines is 1. The van der Waals surface area contributed by atoms with E-state index in [9.17, 15) is 9.18 Å². The molecular formula is C20H23FN6O2S. The third kappa shape index (κ3) is 4.48. The Morgan fingerprint density at radius 2 is 2.07 bits per heavy atom. The lowest BCUT2D eigenvalue weighted by Crippen LogP contribution is -2.32. The first-order chi connectivity index (χ1) is 14.7. The first kappa shape index (κ1) is 20.4. The first-order valence-corrected chi connectivity index (χ1v) is 11.0. The zero-order chi connectivity index (χ0) is 20.9. The van der Waals surface area contributed by atoms with Crippen LogP contribution in [0.4, 0.5) is 10.2 Å². The van der Waals surface area contributed by atoms with Gasteiger partial charge in [0.2, 0.25) is 0 Å². The van der Waals surface area contributed by atoms with E-state index >= 15 is 0 Å². The fourth-order valence-electron chi connectivity index (χ4n) is 3.40. The molecule has 158 valence electrons. The summed E-state index contributed by atoms with van der Waals surface area (Å²) in [5.41, 5.74) is 0.758. The van der Waals surface area contributed by atoms with Crippen molar-refractivity contribution in [3.63, 3.8) is 0 Å². The maximum atomic E-state index is 13.5. The molecule has 0 unspecified atom stereocenters. The summed E-state index contributed by atoms with van der Waals surface area (Å²) in [5.74, 6) is 0.162. The van der Waals surface area contributed by atoms with Crippen LogP contribution < -0.4 is 15.0 Å². The van der Waals surface area contributed by atoms with Gasteiger partial charge < -0.3 is 15.0 Å². The number of hydrogen-bond donors (Lipinski definition) is 1. The van der Waals surface area contributed by atoms with Crippen LogP contribution in [0.25, 0.3) is 11.0 Å². The number of benzene rings is 1. The van der Waals surface area contributed by atoms with Gasteiger partial charge in [-0.05, 0) is 31.2 Å². The summed E-state index contributed by atoms with van der Waals surface area (Å²) in [5, 5.41) is 8.84. The summed E-state index contributed by atoms with van der Waals surface area (Å²) < 4.78 is 20.5. The molecule has 3 heterocycles. The van der Waals surface area contributed by atoms with Crippen LogP contribution in [0.3, 0.4) is 0 Å². The lowest BCUT2D eigenvalue weighted by Gasteiger charge is -2.17. The quantitative estimate of drug-likeness (QED) is 0.434. The maximum absolute atomic E-state index is 13.5. The van der Waals surface area contributed by atoms with Crippen molar-refractivity contribution in [2.45, 2.75) is 24.5 Å². The van der Waals surface area contributed by atoms with Crippen LogP contribution in [-0.4, -0.2) is 58.2 Å². The molecule has 0 saturated carbocycles. The molecular weight excluding hydrogens is 407 g/mol. The fourth-order valence-corrected chi connectivity index (χ4v) is 3.76. The highest BCUT2D eigenvalue weighted by Crippen LogP contribution is 2.28. The largest absolute Gasteiger partial charge is 0.481 e. The van der Waals surface area contributed by atoms with E-state index in [1.165, 1.54) is 23.9 Å². The van der Waals surface area contributed by atoms with Crippen molar-refractivity contribution in [2.75, 3.05) is 37.4 Å². The van der Waals surface area contributed by atoms with Crippen molar-refractivity contribution < 1.29 is 13.9 Å². The second-order valence-corrected chi connectivity index (χ2v) is 7.68. The van der Waals surface area contributed by atoms with Crippen LogP contribution in [0, 0.1) is 5.82 Å². The van der Waals surface area contributed by atoms with Crippen molar-refractivity contribution >= 4 is 34.5 Å². The molecule has 0 spiro atoms. The zero-order valence-corrected chi connectivity index (χ0v) is 17.5. The van der Waals surface area contributed by atoms with Crippen LogP contribution in [-0.2, 0) is 11.3 Å². The molecule has 1 amide bonds. The van der Waals surface area contributed by atoms with E-state index in [1.54, 1.807) is 23.0 Å². The Labute approximate surface area is 177 Å². The van der Waals surface area contributed by atoms with Crippen molar-refractivity contribution in [2.24, 2.45) is 0 Å². The number of amides is 1. The topological polar surface area (TPSA) is 85.2 Å². The molecule has 1 N–H and O–H groups in total. The van der Waals surface area contributed by atoms with Gasteiger partial charge in [-0.3, -0.25) is 4.79 Å². The van der Waals surface area contributed by atoms with Crippen molar-refractivity contribution in [3.05, 3.63) is 36.3 Å². The molecule has 3 aromatic rings. The van der Waals surface area contributed by atoms with Crippen LogP contribution in [0.5, 0.6) is 5.75 Å². The Balaban J connectivity index is 1.38. The molecule has 0 atom stereocenters. The Kier molecular flexibility index (Phi) is 6.32. The number of aromatic nitrogens is 4. The summed E-state index contributed by atoms with van der Waals surface area (Å²) in [4.78, 5) is 23.6. The van der Waals surface area contributed by atoms with Crippen molar-refractivity contribution in [1.82, 2.24) is 25.1 Å². The summed E-state index contributed by atoms with van der Waals surface area (Å²) in [6, 6.07) is 5.99. The Hall–Kier alpha value is -2.88. The SMILES string of the molecule is CSc1nc(N2CCCC2)c2cnn(CCNC(=O)COc3ccccc3F)c2n1. The number of rotatable bonds is 8. The van der Waals surface area contributed by atoms with Gasteiger partial charge in [0.25, 0.3) is 5.91 Å². The molecule has 1 saturated heterocycles. The molecule has 0 aliphatic carbocycles. The van der Waals surface area contributed by atoms with Crippen molar-refractivity contribution in [3.8, 4) is 5.75 Å². The number of thioether (sulfide) groups is 1. The van der Waals surface area contributed by atoms with E-state index in [2.05, 4.69) is 20.3 Å². The van der Waals surface area contributed by atoms with Crippen molar-refractivity contribution in [1.29, 1.82) is 0 Å². The second kappa shape index (κ2) is 9.29. The molecule has 1 aliphatic heterocycles. The average molecular weight is 431 g/mol. The predicted molar refractivity (Wildman–Crippen MR) is 113 cm³/mol. The normalized spacial score (nSPS) is 13.7. The van der Waals surface area contributed by atoms with Crippen LogP contribution in [0.15, 0.2) is 35.6 Å². The van der Waals surface area contributed by atoms with Gasteiger partial charge >= 0.3 is 0 Å². The van der Waals surface area contributed by atoms with Gasteiger partial charge in [-0.2, -0.15) is 5.10 Å². The highest BCUT2D eigenvalue weighted by Gasteiger charge is 2.20. The smallest absolute Gasteiger partial charge is 0.258 e. The minimum atomic E-state index is -0.494. The number of para-hydroxylation sites is 1. The summed E-state index contributed by atoms with van der Waals surface area (Å²) in [7, 11) is 0. The van der Waals surface area contributed by atoms with Gasteiger partial charge in [0.15, 0.2) is 29.0 Å². The number of nitrogens with zero attached hydrogens (tertiary/aromatic N) is 5. The van der Waals surface area contributed by atoms with Gasteiger partial charge in [0.1, 0.15) is 5.82 Å². The van der Waals surface area contributed by atoms with E-state index in [0.717, 1.165) is 42.8 Å². The molecule has 0 radical (unpaired) electrons. The van der Waals surface area contributed by atoms with E-state index in [-0.39, 0.29) is 18.3 Å². The molecule has 0 bridgehead atoms. The minimum absolute atomic E-state index is 0.0569. The number of fused-ring (bicyclic) bond motifs is 1. The summed E-state index contributed by atoms with van der Waals surface area (Å²) in [6.07, 6.45) is 6.06. The first-order valence-electron chi connectivity index (χ1n) is 9.82. The highest BCUT2D eigenvalue weighted by atomic mass is 32.2. The Bertz CT molecular complexity index is 1040. The van der Waals surface area contributed by atoms with E-state index in [1.807, 2.05) is 6.26 Å². The van der Waals surface area contributed by atoms with Gasteiger partial charge in [-0.15, -0.1) is 0 Å². The molecule has 4 rings (SSSR count). The molecule has 1 aliphatic rings.